The highest BCUT2D eigenvalue weighted by Gasteiger charge is 2.59. The van der Waals surface area contributed by atoms with Gasteiger partial charge in [0.2, 0.25) is 11.7 Å². The Hall–Kier alpha value is -4.33. The third kappa shape index (κ3) is 3.27. The largest absolute Gasteiger partial charge is 0.463 e. The number of Topliss-reactive ketones (excluding diaryl/α,β-unsaturated/α-hetero) is 3. The van der Waals surface area contributed by atoms with Crippen LogP contribution in [0.4, 0.5) is 5.69 Å². The van der Waals surface area contributed by atoms with E-state index < -0.39 is 40.2 Å². The van der Waals surface area contributed by atoms with Crippen LogP contribution in [0.3, 0.4) is 0 Å². The molecule has 0 bridgehead atoms. The first kappa shape index (κ1) is 21.9. The summed E-state index contributed by atoms with van der Waals surface area (Å²) in [5.74, 6) is -3.94. The summed E-state index contributed by atoms with van der Waals surface area (Å²) in [6, 6.07) is 14.4. The average molecular weight is 444 g/mol. The number of anilines is 1. The molecule has 2 aromatic carbocycles. The summed E-state index contributed by atoms with van der Waals surface area (Å²) in [5.41, 5.74) is -2.83. The Labute approximate surface area is 189 Å². The number of carbonyl (C=O) groups is 5. The number of para-hydroxylation sites is 1. The van der Waals surface area contributed by atoms with Crippen LogP contribution >= 0.6 is 0 Å². The van der Waals surface area contributed by atoms with Crippen LogP contribution in [0.5, 0.6) is 0 Å². The van der Waals surface area contributed by atoms with Gasteiger partial charge in [-0.05, 0) is 26.0 Å². The van der Waals surface area contributed by atoms with Crippen LogP contribution in [0.1, 0.15) is 34.6 Å². The van der Waals surface area contributed by atoms with Gasteiger partial charge in [-0.1, -0.05) is 42.5 Å². The molecule has 1 unspecified atom stereocenters. The summed E-state index contributed by atoms with van der Waals surface area (Å²) in [7, 11) is 0. The lowest BCUT2D eigenvalue weighted by Crippen LogP contribution is -2.54. The molecule has 4 rings (SSSR count). The number of ketones is 3. The van der Waals surface area contributed by atoms with Crippen LogP contribution in [-0.4, -0.2) is 35.8 Å². The molecular weight excluding hydrogens is 424 g/mol. The number of esters is 1. The lowest BCUT2D eigenvalue weighted by Gasteiger charge is -2.38. The molecule has 0 spiro atoms. The van der Waals surface area contributed by atoms with Gasteiger partial charge in [0.25, 0.3) is 0 Å². The first-order chi connectivity index (χ1) is 15.8. The van der Waals surface area contributed by atoms with E-state index in [1.54, 1.807) is 49.4 Å². The molecule has 1 amide bonds. The number of ether oxygens (including phenoxy) is 1. The number of amides is 1. The van der Waals surface area contributed by atoms with Crippen molar-refractivity contribution < 1.29 is 28.7 Å². The summed E-state index contributed by atoms with van der Waals surface area (Å²) >= 11 is 0. The van der Waals surface area contributed by atoms with Crippen LogP contribution in [0.25, 0.3) is 0 Å². The second-order valence-electron chi connectivity index (χ2n) is 7.50. The molecule has 2 N–H and O–H groups in total. The molecule has 1 heterocycles. The highest BCUT2D eigenvalue weighted by atomic mass is 16.5. The zero-order valence-corrected chi connectivity index (χ0v) is 17.9. The first-order valence-corrected chi connectivity index (χ1v) is 10.3. The molecular formula is C25H20N2O6. The molecule has 2 aromatic rings. The van der Waals surface area contributed by atoms with Crippen LogP contribution in [0, 0.1) is 5.41 Å². The lowest BCUT2D eigenvalue weighted by molar-refractivity contribution is -0.144. The molecule has 8 heteroatoms. The van der Waals surface area contributed by atoms with Crippen LogP contribution in [-0.2, 0) is 19.1 Å². The van der Waals surface area contributed by atoms with Gasteiger partial charge in [-0.25, -0.2) is 4.79 Å². The van der Waals surface area contributed by atoms with Crippen LogP contribution < -0.4 is 10.6 Å². The minimum absolute atomic E-state index is 0.0217. The molecule has 0 saturated carbocycles. The lowest BCUT2D eigenvalue weighted by atomic mass is 9.63. The summed E-state index contributed by atoms with van der Waals surface area (Å²) < 4.78 is 5.10. The van der Waals surface area contributed by atoms with Crippen molar-refractivity contribution in [2.45, 2.75) is 13.8 Å². The van der Waals surface area contributed by atoms with Gasteiger partial charge in [-0.2, -0.15) is 0 Å². The van der Waals surface area contributed by atoms with Crippen LogP contribution in [0.2, 0.25) is 0 Å². The van der Waals surface area contributed by atoms with Crippen molar-refractivity contribution in [3.8, 4) is 0 Å². The maximum absolute atomic E-state index is 13.8. The Bertz CT molecular complexity index is 1270. The zero-order valence-electron chi connectivity index (χ0n) is 17.9. The predicted octanol–water partition coefficient (Wildman–Crippen LogP) is 2.58. The van der Waals surface area contributed by atoms with Gasteiger partial charge >= 0.3 is 5.97 Å². The molecule has 0 fully saturated rings. The molecule has 1 aliphatic carbocycles. The predicted molar refractivity (Wildman–Crippen MR) is 118 cm³/mol. The van der Waals surface area contributed by atoms with Gasteiger partial charge in [0.05, 0.1) is 23.5 Å². The number of dihydropyridines is 1. The van der Waals surface area contributed by atoms with Crippen molar-refractivity contribution >= 4 is 34.9 Å². The van der Waals surface area contributed by atoms with E-state index in [9.17, 15) is 24.0 Å². The van der Waals surface area contributed by atoms with Gasteiger partial charge in [-0.15, -0.1) is 0 Å². The molecule has 0 aromatic heterocycles. The number of benzene rings is 2. The van der Waals surface area contributed by atoms with Gasteiger partial charge < -0.3 is 15.4 Å². The van der Waals surface area contributed by atoms with E-state index in [4.69, 9.17) is 4.74 Å². The number of hydrogen-bond acceptors (Lipinski definition) is 7. The smallest absolute Gasteiger partial charge is 0.337 e. The van der Waals surface area contributed by atoms with Gasteiger partial charge in [-0.3, -0.25) is 19.2 Å². The van der Waals surface area contributed by atoms with Crippen LogP contribution in [0.15, 0.2) is 77.6 Å². The van der Waals surface area contributed by atoms with Crippen molar-refractivity contribution in [3.05, 3.63) is 88.8 Å². The Morgan fingerprint density at radius 3 is 2.15 bits per heavy atom. The third-order valence-electron chi connectivity index (χ3n) is 5.66. The normalized spacial score (nSPS) is 19.0. The molecule has 0 radical (unpaired) electrons. The van der Waals surface area contributed by atoms with E-state index in [2.05, 4.69) is 10.6 Å². The van der Waals surface area contributed by atoms with Crippen molar-refractivity contribution in [2.24, 2.45) is 5.41 Å². The molecule has 1 aliphatic heterocycles. The molecule has 166 valence electrons. The molecule has 0 saturated heterocycles. The Kier molecular flexibility index (Phi) is 5.51. The minimum atomic E-state index is -2.39. The topological polar surface area (TPSA) is 119 Å². The van der Waals surface area contributed by atoms with Crippen molar-refractivity contribution in [3.63, 3.8) is 0 Å². The first-order valence-electron chi connectivity index (χ1n) is 10.3. The van der Waals surface area contributed by atoms with Gasteiger partial charge in [0.1, 0.15) is 0 Å². The van der Waals surface area contributed by atoms with E-state index in [0.717, 1.165) is 13.1 Å². The number of carbonyl (C=O) groups excluding carboxylic acids is 5. The Balaban J connectivity index is 1.98. The summed E-state index contributed by atoms with van der Waals surface area (Å²) in [6.07, 6.45) is 1.10. The SMILES string of the molecule is CCOC(=O)C1=CNC2=C(C(=O)c3ccccc3C2=O)C1(C(C)=O)C(=O)Nc1ccccc1. The summed E-state index contributed by atoms with van der Waals surface area (Å²) in [6.45, 7) is 2.66. The number of hydrogen-bond donors (Lipinski definition) is 2. The van der Waals surface area contributed by atoms with E-state index in [-0.39, 0.29) is 29.0 Å². The molecule has 8 nitrogen and oxygen atoms in total. The van der Waals surface area contributed by atoms with E-state index in [1.165, 1.54) is 12.1 Å². The number of fused-ring (bicyclic) bond motifs is 1. The van der Waals surface area contributed by atoms with Gasteiger partial charge in [0.15, 0.2) is 17.0 Å². The number of allylic oxidation sites excluding steroid dienone is 1. The maximum atomic E-state index is 13.8. The second kappa shape index (κ2) is 8.31. The quantitative estimate of drug-likeness (QED) is 0.537. The molecule has 2 aliphatic rings. The highest BCUT2D eigenvalue weighted by Crippen LogP contribution is 2.46. The summed E-state index contributed by atoms with van der Waals surface area (Å²) in [4.78, 5) is 66.8. The van der Waals surface area contributed by atoms with Crippen molar-refractivity contribution in [2.75, 3.05) is 11.9 Å². The maximum Gasteiger partial charge on any atom is 0.337 e. The third-order valence-corrected chi connectivity index (χ3v) is 5.66. The molecule has 1 atom stereocenters. The standard InChI is InChI=1S/C25H20N2O6/c1-3-33-23(31)18-13-26-20-19(21(29)16-11-7-8-12-17(16)22(20)30)25(18,14(2)28)24(32)27-15-9-5-4-6-10-15/h4-13,26H,3H2,1-2H3,(H,27,32). The minimum Gasteiger partial charge on any atom is -0.463 e. The van der Waals surface area contributed by atoms with E-state index in [1.807, 2.05) is 0 Å². The van der Waals surface area contributed by atoms with E-state index >= 15 is 0 Å². The van der Waals surface area contributed by atoms with E-state index in [0.29, 0.717) is 5.69 Å². The fourth-order valence-corrected chi connectivity index (χ4v) is 4.19. The van der Waals surface area contributed by atoms with Crippen molar-refractivity contribution in [1.29, 1.82) is 0 Å². The monoisotopic (exact) mass is 444 g/mol. The van der Waals surface area contributed by atoms with Crippen molar-refractivity contribution in [1.82, 2.24) is 5.32 Å². The number of nitrogens with one attached hydrogen (secondary N) is 2. The second-order valence-corrected chi connectivity index (χ2v) is 7.50. The summed E-state index contributed by atoms with van der Waals surface area (Å²) in [5, 5.41) is 5.29. The molecule has 33 heavy (non-hydrogen) atoms. The zero-order chi connectivity index (χ0) is 23.8. The Morgan fingerprint density at radius 1 is 0.939 bits per heavy atom. The number of rotatable bonds is 5. The average Bonchev–Trinajstić information content (AvgIpc) is 2.82. The van der Waals surface area contributed by atoms with Gasteiger partial charge in [0, 0.05) is 23.0 Å². The highest BCUT2D eigenvalue weighted by molar-refractivity contribution is 6.35. The Morgan fingerprint density at radius 2 is 1.55 bits per heavy atom. The fraction of sp³-hybridized carbons (Fsp3) is 0.160. The fourth-order valence-electron chi connectivity index (χ4n) is 4.19.